The number of ether oxygens (including phenoxy) is 2. The van der Waals surface area contributed by atoms with E-state index in [-0.39, 0.29) is 6.54 Å². The van der Waals surface area contributed by atoms with Crippen LogP contribution in [0.25, 0.3) is 0 Å². The first kappa shape index (κ1) is 15.6. The zero-order valence-corrected chi connectivity index (χ0v) is 12.2. The highest BCUT2D eigenvalue weighted by Crippen LogP contribution is 2.28. The minimum absolute atomic E-state index is 0.0289. The Morgan fingerprint density at radius 1 is 1.27 bits per heavy atom. The monoisotopic (exact) mass is 308 g/mol. The number of amides is 3. The van der Waals surface area contributed by atoms with Crippen LogP contribution in [0.3, 0.4) is 0 Å². The quantitative estimate of drug-likeness (QED) is 0.746. The fourth-order valence-corrected chi connectivity index (χ4v) is 2.20. The minimum Gasteiger partial charge on any atom is -0.493 e. The van der Waals surface area contributed by atoms with E-state index in [0.717, 1.165) is 4.90 Å². The molecule has 1 fully saturated rings. The molecule has 1 aromatic carbocycles. The van der Waals surface area contributed by atoms with Crippen LogP contribution in [0.5, 0.6) is 11.5 Å². The van der Waals surface area contributed by atoms with Gasteiger partial charge in [-0.2, -0.15) is 0 Å². The van der Waals surface area contributed by atoms with Gasteiger partial charge in [0.2, 0.25) is 0 Å². The maximum Gasteiger partial charge on any atom is 0.325 e. The molecule has 22 heavy (non-hydrogen) atoms. The first-order valence-electron chi connectivity index (χ1n) is 6.50. The summed E-state index contributed by atoms with van der Waals surface area (Å²) in [6.07, 6.45) is -0.437. The van der Waals surface area contributed by atoms with Crippen LogP contribution in [0, 0.1) is 0 Å². The summed E-state index contributed by atoms with van der Waals surface area (Å²) in [6, 6.07) is 3.40. The van der Waals surface area contributed by atoms with Crippen LogP contribution in [-0.2, 0) is 16.1 Å². The number of rotatable bonds is 6. The van der Waals surface area contributed by atoms with Crippen LogP contribution in [0.4, 0.5) is 4.79 Å². The van der Waals surface area contributed by atoms with Gasteiger partial charge in [0.05, 0.1) is 27.2 Å². The van der Waals surface area contributed by atoms with Crippen molar-refractivity contribution < 1.29 is 29.0 Å². The number of imide groups is 1. The molecule has 1 atom stereocenters. The van der Waals surface area contributed by atoms with Gasteiger partial charge in [0.1, 0.15) is 6.04 Å². The van der Waals surface area contributed by atoms with Crippen molar-refractivity contribution in [1.82, 2.24) is 10.2 Å². The number of benzene rings is 1. The van der Waals surface area contributed by atoms with Gasteiger partial charge < -0.3 is 19.9 Å². The first-order chi connectivity index (χ1) is 10.5. The van der Waals surface area contributed by atoms with Gasteiger partial charge in [-0.3, -0.25) is 14.5 Å². The largest absolute Gasteiger partial charge is 0.493 e. The lowest BCUT2D eigenvalue weighted by Crippen LogP contribution is -2.32. The van der Waals surface area contributed by atoms with Gasteiger partial charge >= 0.3 is 12.0 Å². The Labute approximate surface area is 126 Å². The highest BCUT2D eigenvalue weighted by Gasteiger charge is 2.39. The Balaban J connectivity index is 2.15. The molecule has 8 heteroatoms. The Hall–Kier alpha value is -2.77. The molecule has 0 aliphatic carbocycles. The second-order valence-corrected chi connectivity index (χ2v) is 4.71. The van der Waals surface area contributed by atoms with E-state index < -0.39 is 30.4 Å². The van der Waals surface area contributed by atoms with E-state index in [9.17, 15) is 14.4 Å². The number of carboxylic acids is 1. The molecular formula is C14H16N2O6. The van der Waals surface area contributed by atoms with Crippen molar-refractivity contribution >= 4 is 17.9 Å². The van der Waals surface area contributed by atoms with Gasteiger partial charge in [-0.15, -0.1) is 0 Å². The number of nitrogens with zero attached hydrogens (tertiary/aromatic N) is 1. The van der Waals surface area contributed by atoms with Crippen LogP contribution >= 0.6 is 0 Å². The molecule has 0 bridgehead atoms. The minimum atomic E-state index is -1.15. The number of methoxy groups -OCH3 is 2. The van der Waals surface area contributed by atoms with E-state index >= 15 is 0 Å². The molecule has 1 heterocycles. The molecule has 2 rings (SSSR count). The van der Waals surface area contributed by atoms with Crippen LogP contribution in [0.1, 0.15) is 12.0 Å². The molecule has 118 valence electrons. The topological polar surface area (TPSA) is 105 Å². The third kappa shape index (κ3) is 3.11. The zero-order valence-electron chi connectivity index (χ0n) is 12.2. The number of carbonyl (C=O) groups is 3. The van der Waals surface area contributed by atoms with E-state index in [4.69, 9.17) is 14.6 Å². The van der Waals surface area contributed by atoms with Crippen molar-refractivity contribution in [2.45, 2.75) is 19.0 Å². The second-order valence-electron chi connectivity index (χ2n) is 4.71. The number of urea groups is 1. The predicted molar refractivity (Wildman–Crippen MR) is 74.7 cm³/mol. The summed E-state index contributed by atoms with van der Waals surface area (Å²) in [5, 5.41) is 11.1. The van der Waals surface area contributed by atoms with Crippen molar-refractivity contribution in [3.05, 3.63) is 23.8 Å². The van der Waals surface area contributed by atoms with Crippen molar-refractivity contribution in [3.8, 4) is 11.5 Å². The molecule has 0 aromatic heterocycles. The third-order valence-electron chi connectivity index (χ3n) is 3.27. The second kappa shape index (κ2) is 6.33. The number of carbonyl (C=O) groups excluding carboxylic acids is 2. The van der Waals surface area contributed by atoms with Gasteiger partial charge in [-0.05, 0) is 17.7 Å². The summed E-state index contributed by atoms with van der Waals surface area (Å²) in [5.41, 5.74) is 0.664. The normalized spacial score (nSPS) is 17.4. The summed E-state index contributed by atoms with van der Waals surface area (Å²) in [4.78, 5) is 35.5. The van der Waals surface area contributed by atoms with Gasteiger partial charge in [-0.25, -0.2) is 4.79 Å². The molecule has 1 aromatic rings. The highest BCUT2D eigenvalue weighted by atomic mass is 16.5. The van der Waals surface area contributed by atoms with Crippen molar-refractivity contribution in [3.63, 3.8) is 0 Å². The summed E-state index contributed by atoms with van der Waals surface area (Å²) in [6.45, 7) is 0.0289. The smallest absolute Gasteiger partial charge is 0.325 e. The van der Waals surface area contributed by atoms with Crippen LogP contribution in [0.2, 0.25) is 0 Å². The lowest BCUT2D eigenvalue weighted by atomic mass is 10.1. The first-order valence-corrected chi connectivity index (χ1v) is 6.50. The van der Waals surface area contributed by atoms with Crippen molar-refractivity contribution in [2.24, 2.45) is 0 Å². The molecule has 0 unspecified atom stereocenters. The van der Waals surface area contributed by atoms with Gasteiger partial charge in [0.25, 0.3) is 5.91 Å². The molecule has 3 amide bonds. The standard InChI is InChI=1S/C14H16N2O6/c1-21-10-4-3-8(5-11(10)22-2)7-16-13(19)9(6-12(17)18)15-14(16)20/h3-5,9H,6-7H2,1-2H3,(H,15,20)(H,17,18)/t9-/m1/s1. The lowest BCUT2D eigenvalue weighted by molar-refractivity contribution is -0.140. The Morgan fingerprint density at radius 2 is 1.95 bits per heavy atom. The summed E-state index contributed by atoms with van der Waals surface area (Å²) >= 11 is 0. The number of aliphatic carboxylic acids is 1. The SMILES string of the molecule is COc1ccc(CN2C(=O)N[C@H](CC(=O)O)C2=O)cc1OC. The molecule has 1 aliphatic heterocycles. The molecular weight excluding hydrogens is 292 g/mol. The summed E-state index contributed by atoms with van der Waals surface area (Å²) < 4.78 is 10.3. The maximum absolute atomic E-state index is 12.1. The average molecular weight is 308 g/mol. The zero-order chi connectivity index (χ0) is 16.3. The third-order valence-corrected chi connectivity index (χ3v) is 3.27. The number of nitrogens with one attached hydrogen (secondary N) is 1. The Morgan fingerprint density at radius 3 is 2.55 bits per heavy atom. The van der Waals surface area contributed by atoms with Crippen molar-refractivity contribution in [1.29, 1.82) is 0 Å². The molecule has 0 radical (unpaired) electrons. The number of hydrogen-bond acceptors (Lipinski definition) is 5. The summed E-state index contributed by atoms with van der Waals surface area (Å²) in [5.74, 6) is -0.685. The van der Waals surface area contributed by atoms with Crippen LogP contribution in [-0.4, -0.2) is 48.2 Å². The Kier molecular flexibility index (Phi) is 4.50. The van der Waals surface area contributed by atoms with Gasteiger partial charge in [0.15, 0.2) is 11.5 Å². The van der Waals surface area contributed by atoms with E-state index in [0.29, 0.717) is 17.1 Å². The van der Waals surface area contributed by atoms with E-state index in [1.54, 1.807) is 18.2 Å². The predicted octanol–water partition coefficient (Wildman–Crippen LogP) is 0.599. The molecule has 0 spiro atoms. The number of hydrogen-bond donors (Lipinski definition) is 2. The van der Waals surface area contributed by atoms with E-state index in [1.807, 2.05) is 0 Å². The molecule has 2 N–H and O–H groups in total. The molecule has 1 saturated heterocycles. The fourth-order valence-electron chi connectivity index (χ4n) is 2.20. The maximum atomic E-state index is 12.1. The number of carboxylic acid groups (broad SMARTS) is 1. The fraction of sp³-hybridized carbons (Fsp3) is 0.357. The van der Waals surface area contributed by atoms with E-state index in [1.165, 1.54) is 14.2 Å². The Bertz CT molecular complexity index is 615. The molecule has 0 saturated carbocycles. The van der Waals surface area contributed by atoms with E-state index in [2.05, 4.69) is 5.32 Å². The van der Waals surface area contributed by atoms with Gasteiger partial charge in [-0.1, -0.05) is 6.07 Å². The van der Waals surface area contributed by atoms with Crippen LogP contribution in [0.15, 0.2) is 18.2 Å². The molecule has 8 nitrogen and oxygen atoms in total. The molecule has 1 aliphatic rings. The van der Waals surface area contributed by atoms with Gasteiger partial charge in [0, 0.05) is 0 Å². The average Bonchev–Trinajstić information content (AvgIpc) is 2.74. The van der Waals surface area contributed by atoms with Crippen molar-refractivity contribution in [2.75, 3.05) is 14.2 Å². The highest BCUT2D eigenvalue weighted by molar-refractivity contribution is 6.05. The lowest BCUT2D eigenvalue weighted by Gasteiger charge is -2.14. The van der Waals surface area contributed by atoms with Crippen LogP contribution < -0.4 is 14.8 Å². The summed E-state index contributed by atoms with van der Waals surface area (Å²) in [7, 11) is 2.99.